The number of rotatable bonds is 5. The first kappa shape index (κ1) is 13.7. The number of hydrogen-bond donors (Lipinski definition) is 1. The van der Waals surface area contributed by atoms with Gasteiger partial charge in [0.05, 0.1) is 0 Å². The molecule has 5 heteroatoms. The smallest absolute Gasteiger partial charge is 0.349 e. The minimum atomic E-state index is -0.889. The van der Waals surface area contributed by atoms with E-state index in [0.717, 1.165) is 23.3 Å². The van der Waals surface area contributed by atoms with Gasteiger partial charge in [-0.1, -0.05) is 13.3 Å². The van der Waals surface area contributed by atoms with Crippen molar-refractivity contribution in [1.82, 2.24) is 0 Å². The molecule has 0 radical (unpaired) electrons. The van der Waals surface area contributed by atoms with Crippen LogP contribution in [0.25, 0.3) is 0 Å². The number of hydrogen-bond acceptors (Lipinski definition) is 4. The molecule has 0 aliphatic heterocycles. The summed E-state index contributed by atoms with van der Waals surface area (Å²) in [6.45, 7) is 5.53. The molecule has 0 aliphatic rings. The summed E-state index contributed by atoms with van der Waals surface area (Å²) in [5.74, 6) is -1.12. The Balaban J connectivity index is 2.76. The highest BCUT2D eigenvalue weighted by molar-refractivity contribution is 7.14. The molecular formula is C12H17NO3S. The molecule has 1 atom stereocenters. The lowest BCUT2D eigenvalue weighted by molar-refractivity contribution is -0.125. The van der Waals surface area contributed by atoms with Crippen molar-refractivity contribution in [2.45, 2.75) is 39.7 Å². The summed E-state index contributed by atoms with van der Waals surface area (Å²) in [5, 5.41) is 0. The van der Waals surface area contributed by atoms with Crippen LogP contribution in [0.1, 0.15) is 40.4 Å². The molecule has 94 valence electrons. The van der Waals surface area contributed by atoms with E-state index >= 15 is 0 Å². The lowest BCUT2D eigenvalue weighted by Crippen LogP contribution is -2.30. The van der Waals surface area contributed by atoms with Gasteiger partial charge in [0.15, 0.2) is 6.10 Å². The van der Waals surface area contributed by atoms with Gasteiger partial charge < -0.3 is 10.5 Å². The van der Waals surface area contributed by atoms with E-state index in [4.69, 9.17) is 10.5 Å². The third-order valence-corrected chi connectivity index (χ3v) is 3.50. The highest BCUT2D eigenvalue weighted by atomic mass is 32.1. The van der Waals surface area contributed by atoms with Crippen LogP contribution in [0.3, 0.4) is 0 Å². The van der Waals surface area contributed by atoms with Gasteiger partial charge in [0.2, 0.25) is 0 Å². The van der Waals surface area contributed by atoms with Gasteiger partial charge in [-0.25, -0.2) is 4.79 Å². The molecule has 0 fully saturated rings. The molecule has 17 heavy (non-hydrogen) atoms. The third kappa shape index (κ3) is 3.56. The van der Waals surface area contributed by atoms with Crippen LogP contribution in [0.15, 0.2) is 6.07 Å². The molecular weight excluding hydrogens is 238 g/mol. The maximum atomic E-state index is 11.7. The largest absolute Gasteiger partial charge is 0.448 e. The van der Waals surface area contributed by atoms with E-state index in [1.165, 1.54) is 18.3 Å². The lowest BCUT2D eigenvalue weighted by atomic mass is 10.1. The fourth-order valence-electron chi connectivity index (χ4n) is 1.41. The fraction of sp³-hybridized carbons (Fsp3) is 0.500. The van der Waals surface area contributed by atoms with Crippen molar-refractivity contribution < 1.29 is 14.3 Å². The minimum absolute atomic E-state index is 0.480. The molecule has 1 aromatic rings. The van der Waals surface area contributed by atoms with Gasteiger partial charge in [0.25, 0.3) is 5.91 Å². The van der Waals surface area contributed by atoms with Crippen molar-refractivity contribution in [2.24, 2.45) is 5.73 Å². The van der Waals surface area contributed by atoms with E-state index < -0.39 is 18.0 Å². The summed E-state index contributed by atoms with van der Waals surface area (Å²) < 4.78 is 4.94. The maximum Gasteiger partial charge on any atom is 0.349 e. The quantitative estimate of drug-likeness (QED) is 0.818. The molecule has 1 amide bonds. The van der Waals surface area contributed by atoms with E-state index in [2.05, 4.69) is 6.92 Å². The zero-order chi connectivity index (χ0) is 13.0. The van der Waals surface area contributed by atoms with Crippen LogP contribution in [0.4, 0.5) is 0 Å². The highest BCUT2D eigenvalue weighted by Crippen LogP contribution is 2.23. The first-order chi connectivity index (χ1) is 7.95. The van der Waals surface area contributed by atoms with Crippen molar-refractivity contribution in [3.63, 3.8) is 0 Å². The van der Waals surface area contributed by atoms with Crippen LogP contribution in [0, 0.1) is 6.92 Å². The van der Waals surface area contributed by atoms with Crippen LogP contribution in [0.2, 0.25) is 0 Å². The first-order valence-electron chi connectivity index (χ1n) is 5.55. The number of esters is 1. The summed E-state index contributed by atoms with van der Waals surface area (Å²) in [6.07, 6.45) is 1.09. The first-order valence-corrected chi connectivity index (χ1v) is 6.37. The Morgan fingerprint density at radius 1 is 1.53 bits per heavy atom. The van der Waals surface area contributed by atoms with Gasteiger partial charge in [0.1, 0.15) is 4.88 Å². The molecule has 1 aromatic heterocycles. The zero-order valence-electron chi connectivity index (χ0n) is 10.3. The van der Waals surface area contributed by atoms with Crippen LogP contribution in [0.5, 0.6) is 0 Å². The Bertz CT molecular complexity index is 425. The van der Waals surface area contributed by atoms with Crippen molar-refractivity contribution >= 4 is 23.2 Å². The average molecular weight is 255 g/mol. The number of nitrogens with two attached hydrogens (primary N) is 1. The van der Waals surface area contributed by atoms with E-state index in [9.17, 15) is 9.59 Å². The van der Waals surface area contributed by atoms with Gasteiger partial charge in [-0.3, -0.25) is 4.79 Å². The Labute approximate surface area is 105 Å². The van der Waals surface area contributed by atoms with E-state index in [-0.39, 0.29) is 0 Å². The monoisotopic (exact) mass is 255 g/mol. The topological polar surface area (TPSA) is 69.4 Å². The third-order valence-electron chi connectivity index (χ3n) is 2.43. The molecule has 1 unspecified atom stereocenters. The van der Waals surface area contributed by atoms with Gasteiger partial charge in [-0.05, 0) is 31.9 Å². The van der Waals surface area contributed by atoms with Gasteiger partial charge in [-0.15, -0.1) is 11.3 Å². The summed E-state index contributed by atoms with van der Waals surface area (Å²) in [5.41, 5.74) is 6.20. The summed E-state index contributed by atoms with van der Waals surface area (Å²) in [4.78, 5) is 24.1. The number of primary amides is 1. The molecule has 4 nitrogen and oxygen atoms in total. The standard InChI is InChI=1S/C12H17NO3S/c1-4-5-9-6-10(17-8(9)3)12(15)16-7(2)11(13)14/h6-7H,4-5H2,1-3H3,(H2,13,14). The lowest BCUT2D eigenvalue weighted by Gasteiger charge is -2.07. The Hall–Kier alpha value is -1.36. The normalized spacial score (nSPS) is 12.2. The average Bonchev–Trinajstić information content (AvgIpc) is 2.61. The molecule has 0 saturated carbocycles. The second-order valence-electron chi connectivity index (χ2n) is 3.89. The second kappa shape index (κ2) is 5.82. The van der Waals surface area contributed by atoms with Crippen molar-refractivity contribution in [1.29, 1.82) is 0 Å². The van der Waals surface area contributed by atoms with E-state index in [0.29, 0.717) is 4.88 Å². The second-order valence-corrected chi connectivity index (χ2v) is 5.15. The number of thiophene rings is 1. The van der Waals surface area contributed by atoms with Crippen molar-refractivity contribution in [3.8, 4) is 0 Å². The Kier molecular flexibility index (Phi) is 4.69. The van der Waals surface area contributed by atoms with Crippen LogP contribution in [-0.2, 0) is 16.0 Å². The zero-order valence-corrected chi connectivity index (χ0v) is 11.1. The molecule has 0 aromatic carbocycles. The number of ether oxygens (including phenoxy) is 1. The van der Waals surface area contributed by atoms with Crippen molar-refractivity contribution in [3.05, 3.63) is 21.4 Å². The Morgan fingerprint density at radius 3 is 2.71 bits per heavy atom. The van der Waals surface area contributed by atoms with Crippen molar-refractivity contribution in [2.75, 3.05) is 0 Å². The predicted molar refractivity (Wildman–Crippen MR) is 67.1 cm³/mol. The molecule has 1 heterocycles. The van der Waals surface area contributed by atoms with Gasteiger partial charge >= 0.3 is 5.97 Å². The van der Waals surface area contributed by atoms with E-state index in [1.807, 2.05) is 13.0 Å². The number of carbonyl (C=O) groups is 2. The molecule has 0 bridgehead atoms. The summed E-state index contributed by atoms with van der Waals surface area (Å²) in [7, 11) is 0. The molecule has 1 rings (SSSR count). The van der Waals surface area contributed by atoms with E-state index in [1.54, 1.807) is 0 Å². The van der Waals surface area contributed by atoms with Crippen LogP contribution < -0.4 is 5.73 Å². The van der Waals surface area contributed by atoms with Gasteiger partial charge in [0, 0.05) is 4.88 Å². The summed E-state index contributed by atoms with van der Waals surface area (Å²) >= 11 is 1.39. The van der Waals surface area contributed by atoms with Crippen LogP contribution in [-0.4, -0.2) is 18.0 Å². The van der Waals surface area contributed by atoms with Crippen LogP contribution >= 0.6 is 11.3 Å². The number of aryl methyl sites for hydroxylation is 2. The Morgan fingerprint density at radius 2 is 2.18 bits per heavy atom. The molecule has 0 aliphatic carbocycles. The minimum Gasteiger partial charge on any atom is -0.448 e. The summed E-state index contributed by atoms with van der Waals surface area (Å²) in [6, 6.07) is 1.83. The fourth-order valence-corrected chi connectivity index (χ4v) is 2.37. The molecule has 0 spiro atoms. The number of carbonyl (C=O) groups excluding carboxylic acids is 2. The maximum absolute atomic E-state index is 11.7. The highest BCUT2D eigenvalue weighted by Gasteiger charge is 2.18. The predicted octanol–water partition coefficient (Wildman–Crippen LogP) is 2.04. The molecule has 2 N–H and O–H groups in total. The molecule has 0 saturated heterocycles. The van der Waals surface area contributed by atoms with Gasteiger partial charge in [-0.2, -0.15) is 0 Å². The number of amides is 1. The SMILES string of the molecule is CCCc1cc(C(=O)OC(C)C(N)=O)sc1C.